The van der Waals surface area contributed by atoms with Crippen LogP contribution in [0.3, 0.4) is 0 Å². The molecule has 3 N–H and O–H groups in total. The van der Waals surface area contributed by atoms with Gasteiger partial charge in [-0.15, -0.1) is 0 Å². The van der Waals surface area contributed by atoms with Gasteiger partial charge in [0.1, 0.15) is 11.6 Å². The summed E-state index contributed by atoms with van der Waals surface area (Å²) < 4.78 is 12.9. The van der Waals surface area contributed by atoms with Gasteiger partial charge < -0.3 is 29.7 Å². The third-order valence-corrected chi connectivity index (χ3v) is 6.48. The Morgan fingerprint density at radius 2 is 2.11 bits per heavy atom. The van der Waals surface area contributed by atoms with Crippen LogP contribution in [0.15, 0.2) is 40.8 Å². The monoisotopic (exact) mass is 481 g/mol. The number of para-hydroxylation sites is 2. The number of carbonyl (C=O) groups excluding carboxylic acids is 2. The molecule has 0 unspecified atom stereocenters. The lowest BCUT2D eigenvalue weighted by molar-refractivity contribution is -0.132. The number of hydrogen-bond acceptors (Lipinski definition) is 6. The SMILES string of the molecule is COCCCn1c([C@@H]2CCCN(C(=O)C[C@H](N)CNC(=O)c3ccc(C)o3)C2)nc2ccccc21. The Hall–Kier alpha value is -3.17. The molecular formula is C26H35N5O4. The summed E-state index contributed by atoms with van der Waals surface area (Å²) in [5.74, 6) is 1.79. The van der Waals surface area contributed by atoms with E-state index in [-0.39, 0.29) is 36.5 Å². The van der Waals surface area contributed by atoms with Crippen LogP contribution >= 0.6 is 0 Å². The van der Waals surface area contributed by atoms with Crippen LogP contribution < -0.4 is 11.1 Å². The summed E-state index contributed by atoms with van der Waals surface area (Å²) in [6, 6.07) is 11.1. The van der Waals surface area contributed by atoms with Crippen molar-refractivity contribution < 1.29 is 18.7 Å². The smallest absolute Gasteiger partial charge is 0.287 e. The van der Waals surface area contributed by atoms with Crippen molar-refractivity contribution in [1.29, 1.82) is 0 Å². The van der Waals surface area contributed by atoms with Crippen LogP contribution in [-0.4, -0.2) is 65.7 Å². The van der Waals surface area contributed by atoms with E-state index in [0.29, 0.717) is 25.5 Å². The molecule has 2 aromatic heterocycles. The van der Waals surface area contributed by atoms with Gasteiger partial charge in [0.2, 0.25) is 5.91 Å². The molecule has 0 saturated carbocycles. The van der Waals surface area contributed by atoms with Crippen LogP contribution in [0.1, 0.15) is 53.7 Å². The van der Waals surface area contributed by atoms with E-state index in [0.717, 1.165) is 42.7 Å². The molecule has 0 spiro atoms. The van der Waals surface area contributed by atoms with Gasteiger partial charge in [-0.05, 0) is 50.5 Å². The lowest BCUT2D eigenvalue weighted by Gasteiger charge is -2.33. The number of imidazole rings is 1. The summed E-state index contributed by atoms with van der Waals surface area (Å²) in [7, 11) is 1.71. The number of furan rings is 1. The first-order valence-electron chi connectivity index (χ1n) is 12.3. The lowest BCUT2D eigenvalue weighted by atomic mass is 9.96. The Labute approximate surface area is 205 Å². The number of amides is 2. The van der Waals surface area contributed by atoms with E-state index in [4.69, 9.17) is 19.9 Å². The first-order chi connectivity index (χ1) is 17.0. The number of aromatic nitrogens is 2. The van der Waals surface area contributed by atoms with Gasteiger partial charge in [-0.2, -0.15) is 0 Å². The number of likely N-dealkylation sites (tertiary alicyclic amines) is 1. The first-order valence-corrected chi connectivity index (χ1v) is 12.3. The molecule has 35 heavy (non-hydrogen) atoms. The number of nitrogens with zero attached hydrogens (tertiary/aromatic N) is 3. The molecule has 1 aliphatic heterocycles. The molecule has 2 amide bonds. The summed E-state index contributed by atoms with van der Waals surface area (Å²) in [6.07, 6.45) is 2.98. The van der Waals surface area contributed by atoms with E-state index < -0.39 is 6.04 Å². The Morgan fingerprint density at radius 3 is 2.89 bits per heavy atom. The molecule has 0 radical (unpaired) electrons. The number of ether oxygens (including phenoxy) is 1. The van der Waals surface area contributed by atoms with E-state index in [1.807, 2.05) is 23.1 Å². The van der Waals surface area contributed by atoms with Crippen LogP contribution in [0.25, 0.3) is 11.0 Å². The molecule has 9 nitrogen and oxygen atoms in total. The zero-order chi connectivity index (χ0) is 24.8. The molecule has 3 heterocycles. The number of nitrogens with one attached hydrogen (secondary N) is 1. The largest absolute Gasteiger partial charge is 0.456 e. The summed E-state index contributed by atoms with van der Waals surface area (Å²) >= 11 is 0. The highest BCUT2D eigenvalue weighted by atomic mass is 16.5. The summed E-state index contributed by atoms with van der Waals surface area (Å²) in [4.78, 5) is 32.1. The highest BCUT2D eigenvalue weighted by Gasteiger charge is 2.29. The molecule has 1 fully saturated rings. The van der Waals surface area contributed by atoms with Gasteiger partial charge in [-0.3, -0.25) is 9.59 Å². The zero-order valence-electron chi connectivity index (χ0n) is 20.5. The summed E-state index contributed by atoms with van der Waals surface area (Å²) in [5.41, 5.74) is 8.28. The molecule has 1 saturated heterocycles. The number of fused-ring (bicyclic) bond motifs is 1. The number of rotatable bonds is 10. The number of benzene rings is 1. The fraction of sp³-hybridized carbons (Fsp3) is 0.500. The predicted molar refractivity (Wildman–Crippen MR) is 133 cm³/mol. The van der Waals surface area contributed by atoms with Crippen LogP contribution in [0.4, 0.5) is 0 Å². The second kappa shape index (κ2) is 11.5. The van der Waals surface area contributed by atoms with Crippen LogP contribution in [-0.2, 0) is 16.1 Å². The van der Waals surface area contributed by atoms with Crippen molar-refractivity contribution in [2.45, 2.75) is 51.1 Å². The van der Waals surface area contributed by atoms with E-state index >= 15 is 0 Å². The van der Waals surface area contributed by atoms with Gasteiger partial charge in [-0.25, -0.2) is 4.98 Å². The molecule has 2 atom stereocenters. The minimum absolute atomic E-state index is 0.00679. The molecule has 9 heteroatoms. The number of methoxy groups -OCH3 is 1. The average Bonchev–Trinajstić information content (AvgIpc) is 3.46. The van der Waals surface area contributed by atoms with Crippen molar-refractivity contribution in [3.8, 4) is 0 Å². The number of piperidine rings is 1. The first kappa shape index (κ1) is 24.9. The fourth-order valence-corrected chi connectivity index (χ4v) is 4.72. The van der Waals surface area contributed by atoms with Crippen molar-refractivity contribution in [3.05, 3.63) is 53.7 Å². The number of carbonyl (C=O) groups is 2. The quantitative estimate of drug-likeness (QED) is 0.430. The maximum atomic E-state index is 13.0. The molecule has 1 aromatic carbocycles. The molecular weight excluding hydrogens is 446 g/mol. The van der Waals surface area contributed by atoms with Crippen molar-refractivity contribution in [3.63, 3.8) is 0 Å². The average molecular weight is 482 g/mol. The highest BCUT2D eigenvalue weighted by molar-refractivity contribution is 5.91. The Kier molecular flexibility index (Phi) is 8.20. The van der Waals surface area contributed by atoms with Gasteiger partial charge >= 0.3 is 0 Å². The Balaban J connectivity index is 1.37. The van der Waals surface area contributed by atoms with E-state index in [1.54, 1.807) is 26.2 Å². The maximum Gasteiger partial charge on any atom is 0.287 e. The van der Waals surface area contributed by atoms with Crippen LogP contribution in [0.5, 0.6) is 0 Å². The highest BCUT2D eigenvalue weighted by Crippen LogP contribution is 2.30. The van der Waals surface area contributed by atoms with Crippen molar-refractivity contribution in [2.24, 2.45) is 5.73 Å². The third kappa shape index (κ3) is 6.10. The summed E-state index contributed by atoms with van der Waals surface area (Å²) in [5, 5.41) is 2.75. The molecule has 0 bridgehead atoms. The zero-order valence-corrected chi connectivity index (χ0v) is 20.5. The van der Waals surface area contributed by atoms with Crippen LogP contribution in [0.2, 0.25) is 0 Å². The second-order valence-electron chi connectivity index (χ2n) is 9.22. The van der Waals surface area contributed by atoms with Crippen molar-refractivity contribution in [2.75, 3.05) is 33.4 Å². The number of aryl methyl sites for hydroxylation is 2. The third-order valence-electron chi connectivity index (χ3n) is 6.48. The van der Waals surface area contributed by atoms with Crippen molar-refractivity contribution >= 4 is 22.8 Å². The minimum atomic E-state index is -0.471. The number of hydrogen-bond donors (Lipinski definition) is 2. The van der Waals surface area contributed by atoms with E-state index in [2.05, 4.69) is 16.0 Å². The molecule has 1 aliphatic rings. The van der Waals surface area contributed by atoms with Gasteiger partial charge in [0.25, 0.3) is 5.91 Å². The Morgan fingerprint density at radius 1 is 1.29 bits per heavy atom. The maximum absolute atomic E-state index is 13.0. The normalized spacial score (nSPS) is 17.0. The molecule has 188 valence electrons. The molecule has 0 aliphatic carbocycles. The van der Waals surface area contributed by atoms with Gasteiger partial charge in [0.05, 0.1) is 11.0 Å². The molecule has 3 aromatic rings. The predicted octanol–water partition coefficient (Wildman–Crippen LogP) is 2.83. The number of nitrogens with two attached hydrogens (primary N) is 1. The van der Waals surface area contributed by atoms with Gasteiger partial charge in [0, 0.05) is 58.3 Å². The molecule has 4 rings (SSSR count). The summed E-state index contributed by atoms with van der Waals surface area (Å²) in [6.45, 7) is 4.84. The van der Waals surface area contributed by atoms with Gasteiger partial charge in [0.15, 0.2) is 5.76 Å². The lowest BCUT2D eigenvalue weighted by Crippen LogP contribution is -2.45. The van der Waals surface area contributed by atoms with E-state index in [1.165, 1.54) is 0 Å². The van der Waals surface area contributed by atoms with Crippen molar-refractivity contribution in [1.82, 2.24) is 19.8 Å². The van der Waals surface area contributed by atoms with E-state index in [9.17, 15) is 9.59 Å². The minimum Gasteiger partial charge on any atom is -0.456 e. The topological polar surface area (TPSA) is 116 Å². The second-order valence-corrected chi connectivity index (χ2v) is 9.22. The van der Waals surface area contributed by atoms with Gasteiger partial charge in [-0.1, -0.05) is 12.1 Å². The standard InChI is InChI=1S/C26H35N5O4/c1-18-10-11-23(35-18)26(33)28-16-20(27)15-24(32)30-12-5-7-19(17-30)25-29-21-8-3-4-9-22(21)31(25)13-6-14-34-2/h3-4,8-11,19-20H,5-7,12-17,27H2,1-2H3,(H,28,33)/t19-,20+/m1/s1. The Bertz CT molecular complexity index is 1150. The van der Waals surface area contributed by atoms with Crippen LogP contribution in [0, 0.1) is 6.92 Å². The fourth-order valence-electron chi connectivity index (χ4n) is 4.72.